The maximum Gasteiger partial charge on any atom is 0.317 e. The van der Waals surface area contributed by atoms with Gasteiger partial charge in [0.05, 0.1) is 24.2 Å². The first-order valence-corrected chi connectivity index (χ1v) is 11.2. The molecule has 31 heavy (non-hydrogen) atoms. The summed E-state index contributed by atoms with van der Waals surface area (Å²) < 4.78 is 11.2. The van der Waals surface area contributed by atoms with E-state index in [1.165, 1.54) is 19.3 Å². The van der Waals surface area contributed by atoms with E-state index in [4.69, 9.17) is 9.47 Å². The first-order valence-electron chi connectivity index (χ1n) is 11.2. The number of rotatable bonds is 5. The van der Waals surface area contributed by atoms with Gasteiger partial charge in [-0.15, -0.1) is 0 Å². The molecule has 0 aliphatic heterocycles. The number of nitriles is 1. The molecule has 0 saturated heterocycles. The molecule has 0 radical (unpaired) electrons. The second-order valence-corrected chi connectivity index (χ2v) is 9.53. The van der Waals surface area contributed by atoms with Crippen molar-refractivity contribution in [3.8, 4) is 17.6 Å². The Morgan fingerprint density at radius 1 is 1.00 bits per heavy atom. The predicted octanol–water partition coefficient (Wildman–Crippen LogP) is 5.88. The van der Waals surface area contributed by atoms with Crippen LogP contribution in [0, 0.1) is 34.5 Å². The van der Waals surface area contributed by atoms with Crippen LogP contribution in [0.1, 0.15) is 49.7 Å². The first-order chi connectivity index (χ1) is 15.1. The predicted molar refractivity (Wildman–Crippen MR) is 119 cm³/mol. The Kier molecular flexibility index (Phi) is 5.06. The minimum absolute atomic E-state index is 0.0402. The summed E-state index contributed by atoms with van der Waals surface area (Å²) in [6.45, 7) is 0. The van der Waals surface area contributed by atoms with Crippen LogP contribution < -0.4 is 9.47 Å². The van der Waals surface area contributed by atoms with Crippen LogP contribution in [0.15, 0.2) is 48.5 Å². The summed E-state index contributed by atoms with van der Waals surface area (Å²) in [6.07, 6.45) is 8.75. The first kappa shape index (κ1) is 19.9. The van der Waals surface area contributed by atoms with Gasteiger partial charge in [0.15, 0.2) is 0 Å². The zero-order valence-corrected chi connectivity index (χ0v) is 17.8. The lowest BCUT2D eigenvalue weighted by molar-refractivity contribution is -0.161. The van der Waals surface area contributed by atoms with Crippen molar-refractivity contribution in [2.24, 2.45) is 23.2 Å². The van der Waals surface area contributed by atoms with Crippen molar-refractivity contribution in [2.45, 2.75) is 38.5 Å². The van der Waals surface area contributed by atoms with Crippen molar-refractivity contribution in [3.05, 3.63) is 59.7 Å². The highest BCUT2D eigenvalue weighted by molar-refractivity contribution is 5.91. The zero-order chi connectivity index (χ0) is 21.4. The minimum atomic E-state index is -0.259. The number of ether oxygens (including phenoxy) is 2. The zero-order valence-electron chi connectivity index (χ0n) is 17.8. The summed E-state index contributed by atoms with van der Waals surface area (Å²) >= 11 is 0. The number of carbonyl (C=O) groups excluding carboxylic acids is 1. The molecule has 0 heterocycles. The van der Waals surface area contributed by atoms with Crippen LogP contribution in [0.5, 0.6) is 11.5 Å². The Hall–Kier alpha value is -3.06. The number of hydrogen-bond acceptors (Lipinski definition) is 4. The summed E-state index contributed by atoms with van der Waals surface area (Å²) in [4.78, 5) is 13.1. The molecule has 2 aromatic rings. The summed E-state index contributed by atoms with van der Waals surface area (Å²) in [5, 5.41) is 9.64. The number of benzene rings is 2. The van der Waals surface area contributed by atoms with E-state index < -0.39 is 0 Å². The number of hydrogen-bond donors (Lipinski definition) is 0. The van der Waals surface area contributed by atoms with Gasteiger partial charge in [0.2, 0.25) is 0 Å². The highest BCUT2D eigenvalue weighted by Crippen LogP contribution is 2.60. The van der Waals surface area contributed by atoms with E-state index in [2.05, 4.69) is 6.07 Å². The van der Waals surface area contributed by atoms with Gasteiger partial charge >= 0.3 is 5.97 Å². The second kappa shape index (κ2) is 7.89. The average Bonchev–Trinajstić information content (AvgIpc) is 2.77. The third-order valence-electron chi connectivity index (χ3n) is 7.39. The Morgan fingerprint density at radius 3 is 2.19 bits per heavy atom. The largest absolute Gasteiger partial charge is 0.496 e. The van der Waals surface area contributed by atoms with Gasteiger partial charge in [0.1, 0.15) is 11.5 Å². The molecule has 4 bridgehead atoms. The molecule has 158 valence electrons. The normalized spacial score (nSPS) is 28.8. The SMILES string of the molecule is COc1ccccc1/C(C#N)=C\c1ccc(OC(=O)C23CC4CC(CC(C4)C2)C3)cc1. The lowest BCUT2D eigenvalue weighted by Gasteiger charge is -2.55. The molecule has 0 N–H and O–H groups in total. The van der Waals surface area contributed by atoms with E-state index in [0.717, 1.165) is 30.4 Å². The molecule has 4 aliphatic carbocycles. The molecule has 0 aromatic heterocycles. The molecule has 0 amide bonds. The topological polar surface area (TPSA) is 59.3 Å². The van der Waals surface area contributed by atoms with Gasteiger partial charge in [-0.05, 0) is 92.2 Å². The maximum atomic E-state index is 13.1. The molecular weight excluding hydrogens is 386 g/mol. The lowest BCUT2D eigenvalue weighted by atomic mass is 9.49. The molecule has 4 heteroatoms. The molecular formula is C27H27NO3. The lowest BCUT2D eigenvalue weighted by Crippen LogP contribution is -2.51. The molecule has 4 aliphatic rings. The monoisotopic (exact) mass is 413 g/mol. The number of nitrogens with zero attached hydrogens (tertiary/aromatic N) is 1. The third-order valence-corrected chi connectivity index (χ3v) is 7.39. The Bertz CT molecular complexity index is 1030. The number of methoxy groups -OCH3 is 1. The fraction of sp³-hybridized carbons (Fsp3) is 0.407. The summed E-state index contributed by atoms with van der Waals surface area (Å²) in [7, 11) is 1.60. The quantitative estimate of drug-likeness (QED) is 0.266. The average molecular weight is 414 g/mol. The van der Waals surface area contributed by atoms with Crippen molar-refractivity contribution < 1.29 is 14.3 Å². The second-order valence-electron chi connectivity index (χ2n) is 9.53. The van der Waals surface area contributed by atoms with E-state index in [1.54, 1.807) is 7.11 Å². The molecule has 6 rings (SSSR count). The molecule has 2 aromatic carbocycles. The van der Waals surface area contributed by atoms with Crippen LogP contribution in [0.2, 0.25) is 0 Å². The molecule has 4 saturated carbocycles. The van der Waals surface area contributed by atoms with Crippen molar-refractivity contribution in [1.82, 2.24) is 0 Å². The van der Waals surface area contributed by atoms with Crippen LogP contribution in [-0.4, -0.2) is 13.1 Å². The Morgan fingerprint density at radius 2 is 1.61 bits per heavy atom. The molecule has 0 unspecified atom stereocenters. The van der Waals surface area contributed by atoms with E-state index in [1.807, 2.05) is 54.6 Å². The number of para-hydroxylation sites is 1. The fourth-order valence-corrected chi connectivity index (χ4v) is 6.41. The standard InChI is InChI=1S/C27H27NO3/c1-30-25-5-3-2-4-24(25)22(17-28)13-18-6-8-23(9-7-18)31-26(29)27-14-19-10-20(15-27)12-21(11-19)16-27/h2-9,13,19-21H,10-12,14-16H2,1H3/b22-13-. The van der Waals surface area contributed by atoms with Crippen LogP contribution in [0.25, 0.3) is 11.6 Å². The van der Waals surface area contributed by atoms with E-state index in [-0.39, 0.29) is 11.4 Å². The van der Waals surface area contributed by atoms with E-state index >= 15 is 0 Å². The van der Waals surface area contributed by atoms with Gasteiger partial charge in [0, 0.05) is 5.56 Å². The minimum Gasteiger partial charge on any atom is -0.496 e. The van der Waals surface area contributed by atoms with Gasteiger partial charge in [-0.25, -0.2) is 0 Å². The molecule has 4 fully saturated rings. The van der Waals surface area contributed by atoms with Gasteiger partial charge in [-0.2, -0.15) is 5.26 Å². The summed E-state index contributed by atoms with van der Waals surface area (Å²) in [5.41, 5.74) is 1.89. The van der Waals surface area contributed by atoms with Gasteiger partial charge in [-0.3, -0.25) is 4.79 Å². The smallest absolute Gasteiger partial charge is 0.317 e. The Balaban J connectivity index is 1.32. The van der Waals surface area contributed by atoms with E-state index in [0.29, 0.717) is 34.8 Å². The highest BCUT2D eigenvalue weighted by atomic mass is 16.5. The summed E-state index contributed by atoms with van der Waals surface area (Å²) in [6, 6.07) is 17.1. The van der Waals surface area contributed by atoms with Crippen molar-refractivity contribution in [3.63, 3.8) is 0 Å². The van der Waals surface area contributed by atoms with Crippen LogP contribution in [0.4, 0.5) is 0 Å². The van der Waals surface area contributed by atoms with Gasteiger partial charge < -0.3 is 9.47 Å². The number of carbonyl (C=O) groups is 1. The van der Waals surface area contributed by atoms with Crippen molar-refractivity contribution in [2.75, 3.05) is 7.11 Å². The van der Waals surface area contributed by atoms with Crippen LogP contribution in [0.3, 0.4) is 0 Å². The molecule has 0 spiro atoms. The third kappa shape index (κ3) is 3.74. The van der Waals surface area contributed by atoms with Crippen LogP contribution in [-0.2, 0) is 4.79 Å². The Labute approximate surface area is 183 Å². The van der Waals surface area contributed by atoms with Gasteiger partial charge in [-0.1, -0.05) is 24.3 Å². The highest BCUT2D eigenvalue weighted by Gasteiger charge is 2.55. The number of allylic oxidation sites excluding steroid dienone is 1. The van der Waals surface area contributed by atoms with Crippen molar-refractivity contribution in [1.29, 1.82) is 5.26 Å². The fourth-order valence-electron chi connectivity index (χ4n) is 6.41. The maximum absolute atomic E-state index is 13.1. The molecule has 0 atom stereocenters. The van der Waals surface area contributed by atoms with Crippen LogP contribution >= 0.6 is 0 Å². The van der Waals surface area contributed by atoms with Crippen molar-refractivity contribution >= 4 is 17.6 Å². The molecule has 4 nitrogen and oxygen atoms in total. The number of esters is 1. The van der Waals surface area contributed by atoms with E-state index in [9.17, 15) is 10.1 Å². The summed E-state index contributed by atoms with van der Waals surface area (Å²) in [5.74, 6) is 3.34. The van der Waals surface area contributed by atoms with Gasteiger partial charge in [0.25, 0.3) is 0 Å².